The SMILES string of the molecule is CC1(c2ccccc2)C(CCC2=Cc3ccccc3C2(C)c2ccccc2)=Cc2ccccc21. The minimum atomic E-state index is -0.0903. The molecule has 0 heteroatoms. The van der Waals surface area contributed by atoms with Crippen molar-refractivity contribution in [3.8, 4) is 0 Å². The van der Waals surface area contributed by atoms with Gasteiger partial charge in [-0.05, 0) is 60.1 Å². The van der Waals surface area contributed by atoms with Gasteiger partial charge in [0.2, 0.25) is 0 Å². The van der Waals surface area contributed by atoms with Crippen molar-refractivity contribution in [1.82, 2.24) is 0 Å². The van der Waals surface area contributed by atoms with Gasteiger partial charge in [0.15, 0.2) is 0 Å². The second-order valence-corrected chi connectivity index (χ2v) is 10.00. The molecule has 34 heavy (non-hydrogen) atoms. The maximum Gasteiger partial charge on any atom is 0.0392 e. The van der Waals surface area contributed by atoms with Crippen LogP contribution < -0.4 is 0 Å². The molecule has 6 rings (SSSR count). The molecule has 2 unspecified atom stereocenters. The Bertz CT molecular complexity index is 1300. The Morgan fingerprint density at radius 1 is 0.441 bits per heavy atom. The molecule has 2 atom stereocenters. The molecule has 4 aromatic carbocycles. The lowest BCUT2D eigenvalue weighted by atomic mass is 9.69. The Balaban J connectivity index is 1.39. The average molecular weight is 439 g/mol. The van der Waals surface area contributed by atoms with Crippen LogP contribution in [-0.4, -0.2) is 0 Å². The van der Waals surface area contributed by atoms with E-state index >= 15 is 0 Å². The van der Waals surface area contributed by atoms with E-state index in [0.717, 1.165) is 12.8 Å². The zero-order valence-corrected chi connectivity index (χ0v) is 20.0. The molecule has 0 bridgehead atoms. The molecule has 2 aliphatic carbocycles. The Labute approximate surface area is 203 Å². The maximum absolute atomic E-state index is 2.45. The van der Waals surface area contributed by atoms with Gasteiger partial charge in [-0.3, -0.25) is 0 Å². The Morgan fingerprint density at radius 2 is 0.794 bits per heavy atom. The summed E-state index contributed by atoms with van der Waals surface area (Å²) < 4.78 is 0. The Kier molecular flexibility index (Phi) is 4.92. The predicted octanol–water partition coefficient (Wildman–Crippen LogP) is 8.57. The maximum atomic E-state index is 2.45. The molecular weight excluding hydrogens is 408 g/mol. The molecule has 0 nitrogen and oxygen atoms in total. The Morgan fingerprint density at radius 3 is 1.21 bits per heavy atom. The third kappa shape index (κ3) is 3.06. The molecule has 4 aromatic rings. The third-order valence-corrected chi connectivity index (χ3v) is 8.31. The highest BCUT2D eigenvalue weighted by Gasteiger charge is 2.41. The van der Waals surface area contributed by atoms with Crippen LogP contribution in [0.25, 0.3) is 12.2 Å². The first-order chi connectivity index (χ1) is 16.6. The van der Waals surface area contributed by atoms with Gasteiger partial charge in [-0.1, -0.05) is 132 Å². The molecule has 0 saturated carbocycles. The van der Waals surface area contributed by atoms with E-state index in [1.807, 2.05) is 0 Å². The van der Waals surface area contributed by atoms with Crippen molar-refractivity contribution in [2.24, 2.45) is 0 Å². The number of rotatable bonds is 5. The lowest BCUT2D eigenvalue weighted by Gasteiger charge is -2.33. The molecule has 0 radical (unpaired) electrons. The van der Waals surface area contributed by atoms with Gasteiger partial charge in [0, 0.05) is 10.8 Å². The fourth-order valence-corrected chi connectivity index (χ4v) is 6.30. The van der Waals surface area contributed by atoms with E-state index in [4.69, 9.17) is 0 Å². The van der Waals surface area contributed by atoms with Crippen molar-refractivity contribution in [2.45, 2.75) is 37.5 Å². The average Bonchev–Trinajstić information content (AvgIpc) is 3.36. The van der Waals surface area contributed by atoms with Crippen LogP contribution in [0.4, 0.5) is 0 Å². The molecular formula is C34H30. The summed E-state index contributed by atoms with van der Waals surface area (Å²) in [4.78, 5) is 0. The van der Waals surface area contributed by atoms with Crippen molar-refractivity contribution in [3.05, 3.63) is 154 Å². The van der Waals surface area contributed by atoms with Crippen LogP contribution in [0.1, 0.15) is 60.1 Å². The zero-order chi connectivity index (χ0) is 23.2. The van der Waals surface area contributed by atoms with Gasteiger partial charge in [0.25, 0.3) is 0 Å². The highest BCUT2D eigenvalue weighted by Crippen LogP contribution is 2.52. The van der Waals surface area contributed by atoms with E-state index < -0.39 is 0 Å². The molecule has 0 N–H and O–H groups in total. The summed E-state index contributed by atoms with van der Waals surface area (Å²) in [5.41, 5.74) is 11.1. The van der Waals surface area contributed by atoms with Gasteiger partial charge in [0.1, 0.15) is 0 Å². The summed E-state index contributed by atoms with van der Waals surface area (Å²) in [6, 6.07) is 39.9. The largest absolute Gasteiger partial charge is 0.0622 e. The molecule has 0 amide bonds. The number of hydrogen-bond acceptors (Lipinski definition) is 0. The summed E-state index contributed by atoms with van der Waals surface area (Å²) in [5, 5.41) is 0. The van der Waals surface area contributed by atoms with Crippen LogP contribution in [0.2, 0.25) is 0 Å². The predicted molar refractivity (Wildman–Crippen MR) is 144 cm³/mol. The molecule has 166 valence electrons. The molecule has 0 heterocycles. The van der Waals surface area contributed by atoms with Gasteiger partial charge in [-0.15, -0.1) is 0 Å². The fourth-order valence-electron chi connectivity index (χ4n) is 6.30. The summed E-state index contributed by atoms with van der Waals surface area (Å²) >= 11 is 0. The second-order valence-electron chi connectivity index (χ2n) is 10.00. The Hall–Kier alpha value is -3.64. The molecule has 2 aliphatic rings. The number of benzene rings is 4. The normalized spacial score (nSPS) is 22.6. The minimum Gasteiger partial charge on any atom is -0.0622 e. The van der Waals surface area contributed by atoms with Gasteiger partial charge in [-0.2, -0.15) is 0 Å². The first kappa shape index (κ1) is 20.9. The smallest absolute Gasteiger partial charge is 0.0392 e. The fraction of sp³-hybridized carbons (Fsp3) is 0.176. The van der Waals surface area contributed by atoms with Crippen LogP contribution >= 0.6 is 0 Å². The van der Waals surface area contributed by atoms with Crippen molar-refractivity contribution in [3.63, 3.8) is 0 Å². The van der Waals surface area contributed by atoms with Gasteiger partial charge in [-0.25, -0.2) is 0 Å². The molecule has 0 spiro atoms. The summed E-state index contributed by atoms with van der Waals surface area (Å²) in [7, 11) is 0. The first-order valence-corrected chi connectivity index (χ1v) is 12.3. The lowest BCUT2D eigenvalue weighted by Crippen LogP contribution is -2.26. The van der Waals surface area contributed by atoms with Crippen LogP contribution in [0.5, 0.6) is 0 Å². The molecule has 0 aromatic heterocycles. The van der Waals surface area contributed by atoms with E-state index in [1.165, 1.54) is 44.5 Å². The summed E-state index contributed by atoms with van der Waals surface area (Å²) in [6.07, 6.45) is 6.99. The zero-order valence-electron chi connectivity index (χ0n) is 20.0. The number of hydrogen-bond donors (Lipinski definition) is 0. The first-order valence-electron chi connectivity index (χ1n) is 12.3. The van der Waals surface area contributed by atoms with Gasteiger partial charge < -0.3 is 0 Å². The van der Waals surface area contributed by atoms with Crippen LogP contribution in [0, 0.1) is 0 Å². The number of allylic oxidation sites excluding steroid dienone is 2. The highest BCUT2D eigenvalue weighted by molar-refractivity contribution is 5.75. The van der Waals surface area contributed by atoms with E-state index in [-0.39, 0.29) is 10.8 Å². The quantitative estimate of drug-likeness (QED) is 0.293. The van der Waals surface area contributed by atoms with Crippen molar-refractivity contribution >= 4 is 12.2 Å². The van der Waals surface area contributed by atoms with E-state index in [2.05, 4.69) is 135 Å². The minimum absolute atomic E-state index is 0.0903. The van der Waals surface area contributed by atoms with Crippen molar-refractivity contribution in [2.75, 3.05) is 0 Å². The molecule has 0 saturated heterocycles. The van der Waals surface area contributed by atoms with Crippen molar-refractivity contribution < 1.29 is 0 Å². The van der Waals surface area contributed by atoms with Crippen LogP contribution in [-0.2, 0) is 10.8 Å². The summed E-state index contributed by atoms with van der Waals surface area (Å²) in [6.45, 7) is 4.82. The topological polar surface area (TPSA) is 0 Å². The molecule has 0 fully saturated rings. The van der Waals surface area contributed by atoms with Gasteiger partial charge >= 0.3 is 0 Å². The number of fused-ring (bicyclic) bond motifs is 2. The van der Waals surface area contributed by atoms with Crippen molar-refractivity contribution in [1.29, 1.82) is 0 Å². The summed E-state index contributed by atoms with van der Waals surface area (Å²) in [5.74, 6) is 0. The standard InChI is InChI=1S/C34H30/c1-33(27-15-5-3-6-16-27)29(23-25-13-9-11-19-31(25)33)21-22-30-24-26-14-10-12-20-32(26)34(30,2)28-17-7-4-8-18-28/h3-20,23-24H,21-22H2,1-2H3. The van der Waals surface area contributed by atoms with E-state index in [9.17, 15) is 0 Å². The van der Waals surface area contributed by atoms with Crippen LogP contribution in [0.15, 0.2) is 120 Å². The van der Waals surface area contributed by atoms with Gasteiger partial charge in [0.05, 0.1) is 0 Å². The van der Waals surface area contributed by atoms with E-state index in [1.54, 1.807) is 0 Å². The monoisotopic (exact) mass is 438 g/mol. The highest BCUT2D eigenvalue weighted by atomic mass is 14.4. The third-order valence-electron chi connectivity index (χ3n) is 8.31. The second kappa shape index (κ2) is 7.99. The van der Waals surface area contributed by atoms with Crippen LogP contribution in [0.3, 0.4) is 0 Å². The molecule has 0 aliphatic heterocycles. The lowest BCUT2D eigenvalue weighted by molar-refractivity contribution is 0.614. The van der Waals surface area contributed by atoms with E-state index in [0.29, 0.717) is 0 Å².